The normalized spacial score (nSPS) is 12.3. The number of nitrogens with zero attached hydrogens (tertiary/aromatic N) is 1. The Hall–Kier alpha value is -2.27. The van der Waals surface area contributed by atoms with Crippen molar-refractivity contribution in [2.75, 3.05) is 5.75 Å². The molecular formula is C24H32N2O2S. The summed E-state index contributed by atoms with van der Waals surface area (Å²) in [4.78, 5) is 27.5. The lowest BCUT2D eigenvalue weighted by Gasteiger charge is -2.31. The van der Waals surface area contributed by atoms with Crippen molar-refractivity contribution >= 4 is 23.6 Å². The van der Waals surface area contributed by atoms with Gasteiger partial charge in [-0.15, -0.1) is 11.8 Å². The Morgan fingerprint density at radius 1 is 1.03 bits per heavy atom. The van der Waals surface area contributed by atoms with Gasteiger partial charge >= 0.3 is 0 Å². The first kappa shape index (κ1) is 23.0. The minimum atomic E-state index is -0.542. The largest absolute Gasteiger partial charge is 0.350 e. The van der Waals surface area contributed by atoms with Crippen molar-refractivity contribution in [2.24, 2.45) is 0 Å². The van der Waals surface area contributed by atoms with Crippen LogP contribution in [0.2, 0.25) is 0 Å². The zero-order valence-electron chi connectivity index (χ0n) is 18.1. The molecular weight excluding hydrogens is 380 g/mol. The molecule has 0 saturated carbocycles. The van der Waals surface area contributed by atoms with Gasteiger partial charge in [-0.2, -0.15) is 0 Å². The second kappa shape index (κ2) is 10.5. The summed E-state index contributed by atoms with van der Waals surface area (Å²) in [6.45, 7) is 10.1. The van der Waals surface area contributed by atoms with E-state index in [1.165, 1.54) is 5.56 Å². The van der Waals surface area contributed by atoms with E-state index in [1.54, 1.807) is 23.6 Å². The first-order chi connectivity index (χ1) is 13.7. The maximum atomic E-state index is 13.1. The molecule has 0 fully saturated rings. The van der Waals surface area contributed by atoms with E-state index in [0.717, 1.165) is 16.9 Å². The summed E-state index contributed by atoms with van der Waals surface area (Å²) in [5.41, 5.74) is 3.02. The highest BCUT2D eigenvalue weighted by Gasteiger charge is 2.28. The van der Waals surface area contributed by atoms with Crippen molar-refractivity contribution < 1.29 is 9.59 Å². The topological polar surface area (TPSA) is 49.4 Å². The fourth-order valence-corrected chi connectivity index (χ4v) is 3.85. The molecule has 0 bridgehead atoms. The molecule has 2 aromatic rings. The average Bonchev–Trinajstić information content (AvgIpc) is 2.65. The minimum absolute atomic E-state index is 0.0241. The molecule has 1 N–H and O–H groups in total. The highest BCUT2D eigenvalue weighted by Crippen LogP contribution is 2.17. The van der Waals surface area contributed by atoms with E-state index in [2.05, 4.69) is 23.5 Å². The summed E-state index contributed by atoms with van der Waals surface area (Å²) in [7, 11) is 0. The Kier molecular flexibility index (Phi) is 8.32. The van der Waals surface area contributed by atoms with E-state index in [-0.39, 0.29) is 17.4 Å². The van der Waals surface area contributed by atoms with Crippen LogP contribution < -0.4 is 5.32 Å². The molecule has 0 aromatic heterocycles. The van der Waals surface area contributed by atoms with Crippen LogP contribution in [0.15, 0.2) is 54.6 Å². The van der Waals surface area contributed by atoms with Gasteiger partial charge in [-0.25, -0.2) is 0 Å². The van der Waals surface area contributed by atoms with Gasteiger partial charge in [-0.05, 0) is 45.7 Å². The monoisotopic (exact) mass is 412 g/mol. The maximum absolute atomic E-state index is 13.1. The van der Waals surface area contributed by atoms with Crippen molar-refractivity contribution in [1.29, 1.82) is 0 Å². The molecule has 0 aliphatic heterocycles. The summed E-state index contributed by atoms with van der Waals surface area (Å²) >= 11 is 1.58. The van der Waals surface area contributed by atoms with E-state index >= 15 is 0 Å². The second-order valence-corrected chi connectivity index (χ2v) is 9.39. The Bertz CT molecular complexity index is 815. The molecule has 0 spiro atoms. The van der Waals surface area contributed by atoms with Crippen LogP contribution in [0.1, 0.15) is 44.4 Å². The summed E-state index contributed by atoms with van der Waals surface area (Å²) in [5.74, 6) is 0.955. The Morgan fingerprint density at radius 2 is 1.69 bits per heavy atom. The van der Waals surface area contributed by atoms with Gasteiger partial charge in [0.1, 0.15) is 6.04 Å². The SMILES string of the molecule is Cc1cccc(CN(C(=O)CSCc2ccccc2)[C@H](C)C(=O)NC(C)(C)C)c1. The fourth-order valence-electron chi connectivity index (χ4n) is 2.98. The van der Waals surface area contributed by atoms with Gasteiger partial charge in [0.15, 0.2) is 0 Å². The maximum Gasteiger partial charge on any atom is 0.242 e. The first-order valence-electron chi connectivity index (χ1n) is 9.94. The zero-order chi connectivity index (χ0) is 21.4. The van der Waals surface area contributed by atoms with Crippen molar-refractivity contribution in [3.8, 4) is 0 Å². The Balaban J connectivity index is 2.09. The molecule has 2 rings (SSSR count). The number of carbonyl (C=O) groups excluding carboxylic acids is 2. The summed E-state index contributed by atoms with van der Waals surface area (Å²) in [5, 5.41) is 2.99. The molecule has 156 valence electrons. The number of nitrogens with one attached hydrogen (secondary N) is 1. The molecule has 0 aliphatic carbocycles. The lowest BCUT2D eigenvalue weighted by atomic mass is 10.1. The molecule has 2 amide bonds. The van der Waals surface area contributed by atoms with Crippen molar-refractivity contribution in [2.45, 2.75) is 58.5 Å². The molecule has 4 nitrogen and oxygen atoms in total. The van der Waals surface area contributed by atoms with E-state index in [4.69, 9.17) is 0 Å². The van der Waals surface area contributed by atoms with Crippen molar-refractivity contribution in [3.63, 3.8) is 0 Å². The average molecular weight is 413 g/mol. The minimum Gasteiger partial charge on any atom is -0.350 e. The number of hydrogen-bond donors (Lipinski definition) is 1. The van der Waals surface area contributed by atoms with Gasteiger partial charge in [0.25, 0.3) is 0 Å². The molecule has 0 aliphatic rings. The predicted molar refractivity (Wildman–Crippen MR) is 122 cm³/mol. The molecule has 0 heterocycles. The highest BCUT2D eigenvalue weighted by atomic mass is 32.2. The number of hydrogen-bond acceptors (Lipinski definition) is 3. The van der Waals surface area contributed by atoms with Crippen molar-refractivity contribution in [3.05, 3.63) is 71.3 Å². The lowest BCUT2D eigenvalue weighted by Crippen LogP contribution is -2.52. The third-order valence-electron chi connectivity index (χ3n) is 4.44. The molecule has 0 radical (unpaired) electrons. The molecule has 2 aromatic carbocycles. The number of benzene rings is 2. The fraction of sp³-hybridized carbons (Fsp3) is 0.417. The van der Waals surface area contributed by atoms with Gasteiger partial charge < -0.3 is 10.2 Å². The third kappa shape index (κ3) is 7.94. The van der Waals surface area contributed by atoms with Crippen LogP contribution >= 0.6 is 11.8 Å². The number of carbonyl (C=O) groups is 2. The lowest BCUT2D eigenvalue weighted by molar-refractivity contribution is -0.139. The number of thioether (sulfide) groups is 1. The number of rotatable bonds is 8. The standard InChI is InChI=1S/C24H32N2O2S/c1-18-10-9-13-21(14-18)15-26(19(2)23(28)25-24(3,4)5)22(27)17-29-16-20-11-7-6-8-12-20/h6-14,19H,15-17H2,1-5H3,(H,25,28)/t19-/m1/s1. The molecule has 29 heavy (non-hydrogen) atoms. The Morgan fingerprint density at radius 3 is 2.31 bits per heavy atom. The molecule has 0 unspecified atom stereocenters. The summed E-state index contributed by atoms with van der Waals surface area (Å²) in [6, 6.07) is 17.6. The highest BCUT2D eigenvalue weighted by molar-refractivity contribution is 7.99. The quantitative estimate of drug-likeness (QED) is 0.691. The molecule has 0 saturated heterocycles. The van der Waals surface area contributed by atoms with Crippen molar-refractivity contribution in [1.82, 2.24) is 10.2 Å². The van der Waals surface area contributed by atoms with Gasteiger partial charge in [-0.3, -0.25) is 9.59 Å². The first-order valence-corrected chi connectivity index (χ1v) is 11.1. The van der Waals surface area contributed by atoms with Crippen LogP contribution in [0.5, 0.6) is 0 Å². The summed E-state index contributed by atoms with van der Waals surface area (Å²) in [6.07, 6.45) is 0. The molecule has 1 atom stereocenters. The molecule has 5 heteroatoms. The second-order valence-electron chi connectivity index (χ2n) is 8.40. The van der Waals surface area contributed by atoms with Crippen LogP contribution in [0, 0.1) is 6.92 Å². The van der Waals surface area contributed by atoms with E-state index < -0.39 is 6.04 Å². The van der Waals surface area contributed by atoms with Crippen LogP contribution in [-0.4, -0.2) is 34.0 Å². The zero-order valence-corrected chi connectivity index (χ0v) is 18.9. The smallest absolute Gasteiger partial charge is 0.242 e. The van der Waals surface area contributed by atoms with Crippen LogP contribution in [-0.2, 0) is 21.9 Å². The van der Waals surface area contributed by atoms with Gasteiger partial charge in [0.2, 0.25) is 11.8 Å². The third-order valence-corrected chi connectivity index (χ3v) is 5.43. The van der Waals surface area contributed by atoms with E-state index in [1.807, 2.05) is 64.1 Å². The van der Waals surface area contributed by atoms with Gasteiger partial charge in [0.05, 0.1) is 5.75 Å². The summed E-state index contributed by atoms with van der Waals surface area (Å²) < 4.78 is 0. The predicted octanol–water partition coefficient (Wildman–Crippen LogP) is 4.56. The van der Waals surface area contributed by atoms with Gasteiger partial charge in [-0.1, -0.05) is 60.2 Å². The van der Waals surface area contributed by atoms with Crippen LogP contribution in [0.4, 0.5) is 0 Å². The number of amides is 2. The van der Waals surface area contributed by atoms with Crippen LogP contribution in [0.3, 0.4) is 0 Å². The Labute approximate surface area is 179 Å². The van der Waals surface area contributed by atoms with Crippen LogP contribution in [0.25, 0.3) is 0 Å². The van der Waals surface area contributed by atoms with Gasteiger partial charge in [0, 0.05) is 17.8 Å². The van der Waals surface area contributed by atoms with E-state index in [9.17, 15) is 9.59 Å². The number of aryl methyl sites for hydroxylation is 1. The van der Waals surface area contributed by atoms with E-state index in [0.29, 0.717) is 12.3 Å².